The molecule has 20 heavy (non-hydrogen) atoms. The number of hydrogen-bond donors (Lipinski definition) is 0. The third kappa shape index (κ3) is 4.69. The van der Waals surface area contributed by atoms with Gasteiger partial charge in [0.25, 0.3) is 0 Å². The van der Waals surface area contributed by atoms with Crippen molar-refractivity contribution in [1.82, 2.24) is 4.90 Å². The van der Waals surface area contributed by atoms with Crippen LogP contribution in [0.15, 0.2) is 0 Å². The van der Waals surface area contributed by atoms with Gasteiger partial charge in [0.15, 0.2) is 0 Å². The van der Waals surface area contributed by atoms with Crippen molar-refractivity contribution in [3.8, 4) is 0 Å². The average Bonchev–Trinajstić information content (AvgIpc) is 2.84. The molecule has 0 aromatic carbocycles. The number of ether oxygens (including phenoxy) is 1. The predicted molar refractivity (Wildman–Crippen MR) is 82.4 cm³/mol. The van der Waals surface area contributed by atoms with Crippen molar-refractivity contribution >= 4 is 23.6 Å². The molecule has 0 unspecified atom stereocenters. The van der Waals surface area contributed by atoms with Crippen molar-refractivity contribution in [1.29, 1.82) is 0 Å². The van der Waals surface area contributed by atoms with Gasteiger partial charge in [-0.25, -0.2) is 4.79 Å². The molecule has 0 spiro atoms. The molecule has 1 amide bonds. The second-order valence-corrected chi connectivity index (χ2v) is 7.01. The van der Waals surface area contributed by atoms with E-state index in [4.69, 9.17) is 4.74 Å². The molecule has 1 saturated heterocycles. The Balaban J connectivity index is 2.60. The van der Waals surface area contributed by atoms with Gasteiger partial charge in [0.05, 0.1) is 12.0 Å². The van der Waals surface area contributed by atoms with Crippen LogP contribution < -0.4 is 0 Å². The molecule has 0 radical (unpaired) electrons. The largest absolute Gasteiger partial charge is 0.461 e. The maximum Gasteiger partial charge on any atom is 0.330 e. The molecule has 1 aliphatic heterocycles. The molecule has 0 aliphatic carbocycles. The summed E-state index contributed by atoms with van der Waals surface area (Å²) in [6.07, 6.45) is 1.56. The van der Waals surface area contributed by atoms with E-state index in [1.807, 2.05) is 20.8 Å². The zero-order valence-corrected chi connectivity index (χ0v) is 14.0. The number of amides is 1. The Labute approximate surface area is 126 Å². The molecule has 116 valence electrons. The summed E-state index contributed by atoms with van der Waals surface area (Å²) >= 11 is 1.62. The second-order valence-electron chi connectivity index (χ2n) is 6.01. The summed E-state index contributed by atoms with van der Waals surface area (Å²) in [4.78, 5) is 26.2. The van der Waals surface area contributed by atoms with Gasteiger partial charge in [-0.05, 0) is 25.7 Å². The summed E-state index contributed by atoms with van der Waals surface area (Å²) in [6.45, 7) is 10.0. The fourth-order valence-corrected chi connectivity index (χ4v) is 3.45. The fourth-order valence-electron chi connectivity index (χ4n) is 2.30. The summed E-state index contributed by atoms with van der Waals surface area (Å²) in [5.74, 6) is 1.53. The molecule has 1 heterocycles. The van der Waals surface area contributed by atoms with Crippen LogP contribution >= 0.6 is 11.8 Å². The number of carbonyl (C=O) groups excluding carboxylic acids is 2. The van der Waals surface area contributed by atoms with Gasteiger partial charge in [0.2, 0.25) is 5.91 Å². The molecule has 0 aromatic rings. The summed E-state index contributed by atoms with van der Waals surface area (Å²) in [5, 5.41) is 0. The number of rotatable bonds is 6. The van der Waals surface area contributed by atoms with Crippen LogP contribution in [0.25, 0.3) is 0 Å². The maximum absolute atomic E-state index is 12.3. The Morgan fingerprint density at radius 3 is 2.50 bits per heavy atom. The van der Waals surface area contributed by atoms with E-state index >= 15 is 0 Å². The third-order valence-corrected chi connectivity index (χ3v) is 4.60. The normalized spacial score (nSPS) is 21.9. The number of hydrogen-bond acceptors (Lipinski definition) is 4. The summed E-state index contributed by atoms with van der Waals surface area (Å²) in [6, 6.07) is -0.406. The monoisotopic (exact) mass is 301 g/mol. The molecule has 0 saturated carbocycles. The van der Waals surface area contributed by atoms with E-state index in [0.29, 0.717) is 17.5 Å². The SMILES string of the molecule is CC[C@H](C)C(=O)N1CSC[C@@H]1C(=O)O[C@H](C)CC(C)C. The highest BCUT2D eigenvalue weighted by atomic mass is 32.2. The minimum Gasteiger partial charge on any atom is -0.461 e. The predicted octanol–water partition coefficient (Wildman–Crippen LogP) is 2.91. The lowest BCUT2D eigenvalue weighted by Crippen LogP contribution is -2.45. The first-order valence-corrected chi connectivity index (χ1v) is 8.61. The number of carbonyl (C=O) groups is 2. The molecular formula is C15H27NO3S. The first-order chi connectivity index (χ1) is 9.36. The van der Waals surface area contributed by atoms with E-state index in [2.05, 4.69) is 13.8 Å². The molecule has 0 aromatic heterocycles. The maximum atomic E-state index is 12.3. The van der Waals surface area contributed by atoms with Crippen molar-refractivity contribution in [3.05, 3.63) is 0 Å². The van der Waals surface area contributed by atoms with Gasteiger partial charge in [0.1, 0.15) is 6.04 Å². The van der Waals surface area contributed by atoms with Gasteiger partial charge in [-0.3, -0.25) is 4.79 Å². The van der Waals surface area contributed by atoms with Crippen LogP contribution in [0.1, 0.15) is 47.5 Å². The van der Waals surface area contributed by atoms with Crippen LogP contribution in [0.4, 0.5) is 0 Å². The highest BCUT2D eigenvalue weighted by Crippen LogP contribution is 2.25. The lowest BCUT2D eigenvalue weighted by molar-refractivity contribution is -0.158. The minimum absolute atomic E-state index is 0.0305. The van der Waals surface area contributed by atoms with Crippen LogP contribution in [0.5, 0.6) is 0 Å². The van der Waals surface area contributed by atoms with Crippen LogP contribution in [-0.4, -0.2) is 40.6 Å². The van der Waals surface area contributed by atoms with E-state index in [1.54, 1.807) is 16.7 Å². The van der Waals surface area contributed by atoms with Crippen molar-refractivity contribution in [3.63, 3.8) is 0 Å². The number of thioether (sulfide) groups is 1. The molecule has 1 aliphatic rings. The first kappa shape index (κ1) is 17.3. The Morgan fingerprint density at radius 1 is 1.30 bits per heavy atom. The van der Waals surface area contributed by atoms with E-state index < -0.39 is 6.04 Å². The first-order valence-electron chi connectivity index (χ1n) is 7.45. The quantitative estimate of drug-likeness (QED) is 0.708. The zero-order valence-electron chi connectivity index (χ0n) is 13.2. The van der Waals surface area contributed by atoms with Crippen molar-refractivity contribution < 1.29 is 14.3 Å². The molecule has 0 N–H and O–H groups in total. The van der Waals surface area contributed by atoms with Gasteiger partial charge in [0, 0.05) is 11.7 Å². The average molecular weight is 301 g/mol. The van der Waals surface area contributed by atoms with Gasteiger partial charge in [-0.1, -0.05) is 27.7 Å². The summed E-state index contributed by atoms with van der Waals surface area (Å²) in [7, 11) is 0. The second kappa shape index (κ2) is 7.91. The smallest absolute Gasteiger partial charge is 0.330 e. The number of esters is 1. The Morgan fingerprint density at radius 2 is 1.95 bits per heavy atom. The van der Waals surface area contributed by atoms with Gasteiger partial charge in [-0.2, -0.15) is 0 Å². The lowest BCUT2D eigenvalue weighted by atomic mass is 10.1. The fraction of sp³-hybridized carbons (Fsp3) is 0.867. The van der Waals surface area contributed by atoms with Crippen LogP contribution in [0, 0.1) is 11.8 Å². The highest BCUT2D eigenvalue weighted by molar-refractivity contribution is 7.99. The van der Waals surface area contributed by atoms with E-state index in [0.717, 1.165) is 12.8 Å². The van der Waals surface area contributed by atoms with E-state index in [1.165, 1.54) is 0 Å². The summed E-state index contributed by atoms with van der Waals surface area (Å²) in [5.41, 5.74) is 0. The van der Waals surface area contributed by atoms with Gasteiger partial charge >= 0.3 is 5.97 Å². The van der Waals surface area contributed by atoms with Crippen molar-refractivity contribution in [2.45, 2.75) is 59.6 Å². The van der Waals surface area contributed by atoms with Crippen LogP contribution in [0.3, 0.4) is 0 Å². The van der Waals surface area contributed by atoms with Crippen LogP contribution in [0.2, 0.25) is 0 Å². The Hall–Kier alpha value is -0.710. The molecular weight excluding hydrogens is 274 g/mol. The minimum atomic E-state index is -0.406. The zero-order chi connectivity index (χ0) is 15.3. The van der Waals surface area contributed by atoms with E-state index in [9.17, 15) is 9.59 Å². The molecule has 1 fully saturated rings. The number of nitrogens with zero attached hydrogens (tertiary/aromatic N) is 1. The molecule has 0 bridgehead atoms. The molecule has 4 nitrogen and oxygen atoms in total. The molecule has 3 atom stereocenters. The molecule has 5 heteroatoms. The topological polar surface area (TPSA) is 46.6 Å². The van der Waals surface area contributed by atoms with Gasteiger partial charge in [-0.15, -0.1) is 11.8 Å². The van der Waals surface area contributed by atoms with Crippen molar-refractivity contribution in [2.75, 3.05) is 11.6 Å². The standard InChI is InChI=1S/C15H27NO3S/c1-6-11(4)14(17)16-9-20-8-13(16)15(18)19-12(5)7-10(2)3/h10-13H,6-9H2,1-5H3/t11-,12+,13+/m0/s1. The third-order valence-electron chi connectivity index (χ3n) is 3.59. The Kier molecular flexibility index (Phi) is 6.86. The highest BCUT2D eigenvalue weighted by Gasteiger charge is 2.37. The van der Waals surface area contributed by atoms with Gasteiger partial charge < -0.3 is 9.64 Å². The van der Waals surface area contributed by atoms with E-state index in [-0.39, 0.29) is 23.9 Å². The lowest BCUT2D eigenvalue weighted by Gasteiger charge is -2.26. The van der Waals surface area contributed by atoms with Crippen molar-refractivity contribution in [2.24, 2.45) is 11.8 Å². The summed E-state index contributed by atoms with van der Waals surface area (Å²) < 4.78 is 5.49. The van der Waals surface area contributed by atoms with Crippen LogP contribution in [-0.2, 0) is 14.3 Å². The molecule has 1 rings (SSSR count). The Bertz CT molecular complexity index is 346.